The number of nitrogens with one attached hydrogen (secondary N) is 1. The molecule has 0 aliphatic carbocycles. The van der Waals surface area contributed by atoms with Crippen molar-refractivity contribution in [1.82, 2.24) is 24.6 Å². The van der Waals surface area contributed by atoms with Gasteiger partial charge in [-0.1, -0.05) is 6.07 Å². The number of likely N-dealkylation sites (tertiary alicyclic amines) is 1. The minimum absolute atomic E-state index is 0.501. The SMILES string of the molecule is Cc1nn(C)c2ncc(NC3CCN(Cc4cccnc4)CC3)cc12. The van der Waals surface area contributed by atoms with E-state index in [0.717, 1.165) is 54.9 Å². The number of nitrogens with zero attached hydrogens (tertiary/aromatic N) is 5. The van der Waals surface area contributed by atoms with E-state index in [-0.39, 0.29) is 0 Å². The van der Waals surface area contributed by atoms with Crippen LogP contribution >= 0.6 is 0 Å². The number of anilines is 1. The van der Waals surface area contributed by atoms with Crippen molar-refractivity contribution in [1.29, 1.82) is 0 Å². The second-order valence-corrected chi connectivity index (χ2v) is 6.86. The summed E-state index contributed by atoms with van der Waals surface area (Å²) in [6.45, 7) is 5.23. The van der Waals surface area contributed by atoms with Crippen molar-refractivity contribution >= 4 is 16.7 Å². The van der Waals surface area contributed by atoms with Crippen LogP contribution in [0.5, 0.6) is 0 Å². The fraction of sp³-hybridized carbons (Fsp3) is 0.421. The van der Waals surface area contributed by atoms with E-state index >= 15 is 0 Å². The van der Waals surface area contributed by atoms with Crippen LogP contribution in [0.2, 0.25) is 0 Å². The van der Waals surface area contributed by atoms with Crippen LogP contribution < -0.4 is 5.32 Å². The Morgan fingerprint density at radius 3 is 2.84 bits per heavy atom. The molecule has 1 aliphatic heterocycles. The molecule has 0 bridgehead atoms. The summed E-state index contributed by atoms with van der Waals surface area (Å²) in [6.07, 6.45) is 8.00. The summed E-state index contributed by atoms with van der Waals surface area (Å²) in [5.74, 6) is 0. The lowest BCUT2D eigenvalue weighted by Gasteiger charge is -2.32. The van der Waals surface area contributed by atoms with Gasteiger partial charge in [0.05, 0.1) is 17.6 Å². The van der Waals surface area contributed by atoms with Crippen molar-refractivity contribution in [2.45, 2.75) is 32.4 Å². The average molecular weight is 336 g/mol. The van der Waals surface area contributed by atoms with Gasteiger partial charge in [0, 0.05) is 50.5 Å². The lowest BCUT2D eigenvalue weighted by molar-refractivity contribution is 0.211. The van der Waals surface area contributed by atoms with Gasteiger partial charge in [0.1, 0.15) is 0 Å². The van der Waals surface area contributed by atoms with E-state index in [4.69, 9.17) is 0 Å². The molecule has 6 heteroatoms. The van der Waals surface area contributed by atoms with Gasteiger partial charge in [0.15, 0.2) is 5.65 Å². The third-order valence-corrected chi connectivity index (χ3v) is 4.95. The van der Waals surface area contributed by atoms with Gasteiger partial charge in [-0.2, -0.15) is 5.10 Å². The first-order valence-corrected chi connectivity index (χ1v) is 8.86. The molecule has 0 radical (unpaired) electrons. The van der Waals surface area contributed by atoms with Crippen LogP contribution in [0, 0.1) is 6.92 Å². The van der Waals surface area contributed by atoms with Gasteiger partial charge in [-0.15, -0.1) is 0 Å². The normalized spacial score (nSPS) is 16.4. The Morgan fingerprint density at radius 1 is 1.24 bits per heavy atom. The summed E-state index contributed by atoms with van der Waals surface area (Å²) >= 11 is 0. The fourth-order valence-corrected chi connectivity index (χ4v) is 3.61. The number of fused-ring (bicyclic) bond motifs is 1. The Labute approximate surface area is 147 Å². The van der Waals surface area contributed by atoms with Crippen molar-refractivity contribution in [3.63, 3.8) is 0 Å². The summed E-state index contributed by atoms with van der Waals surface area (Å²) in [6, 6.07) is 6.83. The van der Waals surface area contributed by atoms with E-state index < -0.39 is 0 Å². The predicted octanol–water partition coefficient (Wildman–Crippen LogP) is 2.75. The molecule has 1 N–H and O–H groups in total. The molecule has 0 spiro atoms. The molecule has 4 rings (SSSR count). The standard InChI is InChI=1S/C19H24N6/c1-14-18-10-17(12-21-19(18)24(2)23-14)22-16-5-8-25(9-6-16)13-15-4-3-7-20-11-15/h3-4,7,10-12,16,22H,5-6,8-9,13H2,1-2H3. The van der Waals surface area contributed by atoms with Gasteiger partial charge < -0.3 is 5.32 Å². The van der Waals surface area contributed by atoms with E-state index in [0.29, 0.717) is 6.04 Å². The number of hydrogen-bond donors (Lipinski definition) is 1. The highest BCUT2D eigenvalue weighted by Crippen LogP contribution is 2.22. The van der Waals surface area contributed by atoms with E-state index in [1.165, 1.54) is 5.56 Å². The molecule has 1 saturated heterocycles. The topological polar surface area (TPSA) is 58.9 Å². The highest BCUT2D eigenvalue weighted by molar-refractivity contribution is 5.81. The number of rotatable bonds is 4. The molecule has 25 heavy (non-hydrogen) atoms. The summed E-state index contributed by atoms with van der Waals surface area (Å²) < 4.78 is 1.84. The van der Waals surface area contributed by atoms with Gasteiger partial charge in [0.25, 0.3) is 0 Å². The maximum atomic E-state index is 4.56. The molecule has 6 nitrogen and oxygen atoms in total. The number of aromatic nitrogens is 4. The van der Waals surface area contributed by atoms with E-state index in [9.17, 15) is 0 Å². The van der Waals surface area contributed by atoms with Gasteiger partial charge in [-0.25, -0.2) is 4.98 Å². The minimum Gasteiger partial charge on any atom is -0.381 e. The third-order valence-electron chi connectivity index (χ3n) is 4.95. The van der Waals surface area contributed by atoms with Crippen LogP contribution in [0.25, 0.3) is 11.0 Å². The molecule has 3 aromatic rings. The lowest BCUT2D eigenvalue weighted by atomic mass is 10.0. The van der Waals surface area contributed by atoms with Crippen molar-refractivity contribution in [2.24, 2.45) is 7.05 Å². The molecule has 0 amide bonds. The number of aryl methyl sites for hydroxylation is 2. The number of piperidine rings is 1. The molecule has 0 aromatic carbocycles. The summed E-state index contributed by atoms with van der Waals surface area (Å²) in [4.78, 5) is 11.3. The maximum absolute atomic E-state index is 4.56. The van der Waals surface area contributed by atoms with Crippen molar-refractivity contribution < 1.29 is 0 Å². The highest BCUT2D eigenvalue weighted by atomic mass is 15.3. The van der Waals surface area contributed by atoms with Crippen molar-refractivity contribution in [3.05, 3.63) is 48.0 Å². The van der Waals surface area contributed by atoms with Crippen LogP contribution in [0.15, 0.2) is 36.8 Å². The molecule has 0 unspecified atom stereocenters. The molecule has 0 atom stereocenters. The van der Waals surface area contributed by atoms with E-state index in [1.54, 1.807) is 0 Å². The first kappa shape index (κ1) is 16.0. The second kappa shape index (κ2) is 6.80. The minimum atomic E-state index is 0.501. The molecular weight excluding hydrogens is 312 g/mol. The van der Waals surface area contributed by atoms with Crippen LogP contribution in [0.4, 0.5) is 5.69 Å². The highest BCUT2D eigenvalue weighted by Gasteiger charge is 2.19. The van der Waals surface area contributed by atoms with E-state index in [1.807, 2.05) is 43.3 Å². The quantitative estimate of drug-likeness (QED) is 0.794. The van der Waals surface area contributed by atoms with Gasteiger partial charge in [-0.05, 0) is 37.5 Å². The Bertz CT molecular complexity index is 849. The zero-order valence-electron chi connectivity index (χ0n) is 14.8. The molecule has 1 aliphatic rings. The smallest absolute Gasteiger partial charge is 0.157 e. The summed E-state index contributed by atoms with van der Waals surface area (Å²) in [5.41, 5.74) is 4.35. The molecule has 3 aromatic heterocycles. The average Bonchev–Trinajstić information content (AvgIpc) is 2.91. The number of pyridine rings is 2. The maximum Gasteiger partial charge on any atom is 0.157 e. The van der Waals surface area contributed by atoms with E-state index in [2.05, 4.69) is 37.4 Å². The van der Waals surface area contributed by atoms with Crippen LogP contribution in [0.1, 0.15) is 24.1 Å². The lowest BCUT2D eigenvalue weighted by Crippen LogP contribution is -2.38. The molecular formula is C19H24N6. The third kappa shape index (κ3) is 3.49. The predicted molar refractivity (Wildman–Crippen MR) is 99.4 cm³/mol. The Balaban J connectivity index is 1.36. The zero-order valence-corrected chi connectivity index (χ0v) is 14.8. The number of hydrogen-bond acceptors (Lipinski definition) is 5. The fourth-order valence-electron chi connectivity index (χ4n) is 3.61. The molecule has 0 saturated carbocycles. The van der Waals surface area contributed by atoms with Gasteiger partial charge >= 0.3 is 0 Å². The van der Waals surface area contributed by atoms with Crippen LogP contribution in [-0.2, 0) is 13.6 Å². The van der Waals surface area contributed by atoms with Crippen LogP contribution in [0.3, 0.4) is 0 Å². The Morgan fingerprint density at radius 2 is 2.08 bits per heavy atom. The molecule has 1 fully saturated rings. The van der Waals surface area contributed by atoms with Gasteiger partial charge in [-0.3, -0.25) is 14.6 Å². The first-order chi connectivity index (χ1) is 12.2. The summed E-state index contributed by atoms with van der Waals surface area (Å²) in [5, 5.41) is 9.22. The first-order valence-electron chi connectivity index (χ1n) is 8.86. The monoisotopic (exact) mass is 336 g/mol. The Kier molecular flexibility index (Phi) is 4.36. The summed E-state index contributed by atoms with van der Waals surface area (Å²) in [7, 11) is 1.94. The van der Waals surface area contributed by atoms with Gasteiger partial charge in [0.2, 0.25) is 0 Å². The largest absolute Gasteiger partial charge is 0.381 e. The molecule has 4 heterocycles. The molecule has 130 valence electrons. The second-order valence-electron chi connectivity index (χ2n) is 6.86. The Hall–Kier alpha value is -2.47. The van der Waals surface area contributed by atoms with Crippen LogP contribution in [-0.4, -0.2) is 43.8 Å². The zero-order chi connectivity index (χ0) is 17.2. The van der Waals surface area contributed by atoms with Crippen molar-refractivity contribution in [3.8, 4) is 0 Å². The van der Waals surface area contributed by atoms with Crippen molar-refractivity contribution in [2.75, 3.05) is 18.4 Å².